The summed E-state index contributed by atoms with van der Waals surface area (Å²) in [6.45, 7) is 3.01. The van der Waals surface area contributed by atoms with E-state index in [9.17, 15) is 4.79 Å². The third-order valence-corrected chi connectivity index (χ3v) is 5.44. The standard InChI is InChI=1S/C19H25N3O2S/c1-24-13-12-21-11-9-20-18(21)16-4-3-10-22(14-16)19(23)15-5-7-17(25-2)8-6-15/h5-9,11,16H,3-4,10,12-14H2,1-2H3. The van der Waals surface area contributed by atoms with Crippen molar-refractivity contribution in [3.8, 4) is 0 Å². The second-order valence-electron chi connectivity index (χ2n) is 6.29. The summed E-state index contributed by atoms with van der Waals surface area (Å²) < 4.78 is 7.33. The number of hydrogen-bond donors (Lipinski definition) is 0. The van der Waals surface area contributed by atoms with Gasteiger partial charge in [0.25, 0.3) is 5.91 Å². The predicted octanol–water partition coefficient (Wildman–Crippen LogP) is 3.27. The van der Waals surface area contributed by atoms with E-state index in [0.717, 1.165) is 43.9 Å². The molecule has 3 rings (SSSR count). The molecule has 25 heavy (non-hydrogen) atoms. The van der Waals surface area contributed by atoms with Crippen molar-refractivity contribution in [2.24, 2.45) is 0 Å². The number of ether oxygens (including phenoxy) is 1. The SMILES string of the molecule is COCCn1ccnc1C1CCCN(C(=O)c2ccc(SC)cc2)C1. The van der Waals surface area contributed by atoms with Gasteiger partial charge in [-0.2, -0.15) is 0 Å². The Kier molecular flexibility index (Phi) is 6.15. The van der Waals surface area contributed by atoms with E-state index in [-0.39, 0.29) is 11.8 Å². The van der Waals surface area contributed by atoms with Crippen LogP contribution >= 0.6 is 11.8 Å². The Morgan fingerprint density at radius 1 is 1.36 bits per heavy atom. The van der Waals surface area contributed by atoms with Gasteiger partial charge in [0.2, 0.25) is 0 Å². The normalized spacial score (nSPS) is 17.7. The van der Waals surface area contributed by atoms with Crippen molar-refractivity contribution in [3.63, 3.8) is 0 Å². The van der Waals surface area contributed by atoms with E-state index >= 15 is 0 Å². The van der Waals surface area contributed by atoms with E-state index in [1.165, 1.54) is 4.90 Å². The van der Waals surface area contributed by atoms with E-state index in [4.69, 9.17) is 4.74 Å². The first kappa shape index (κ1) is 18.0. The Bertz CT molecular complexity index is 699. The first-order chi connectivity index (χ1) is 12.2. The fourth-order valence-electron chi connectivity index (χ4n) is 3.35. The zero-order valence-electron chi connectivity index (χ0n) is 14.9. The van der Waals surface area contributed by atoms with Crippen molar-refractivity contribution in [2.45, 2.75) is 30.2 Å². The minimum absolute atomic E-state index is 0.118. The molecule has 2 aromatic rings. The molecule has 1 aromatic carbocycles. The van der Waals surface area contributed by atoms with Gasteiger partial charge in [-0.25, -0.2) is 4.98 Å². The van der Waals surface area contributed by atoms with Crippen molar-refractivity contribution >= 4 is 17.7 Å². The maximum Gasteiger partial charge on any atom is 0.253 e. The molecule has 0 saturated carbocycles. The number of thioether (sulfide) groups is 1. The average Bonchev–Trinajstić information content (AvgIpc) is 3.14. The summed E-state index contributed by atoms with van der Waals surface area (Å²) in [7, 11) is 1.71. The second kappa shape index (κ2) is 8.54. The summed E-state index contributed by atoms with van der Waals surface area (Å²) in [5.74, 6) is 1.47. The van der Waals surface area contributed by atoms with Gasteiger partial charge in [0, 0.05) is 55.5 Å². The van der Waals surface area contributed by atoms with Crippen molar-refractivity contribution in [1.82, 2.24) is 14.5 Å². The van der Waals surface area contributed by atoms with Crippen molar-refractivity contribution < 1.29 is 9.53 Å². The molecule has 0 radical (unpaired) electrons. The highest BCUT2D eigenvalue weighted by atomic mass is 32.2. The van der Waals surface area contributed by atoms with Crippen LogP contribution in [0.5, 0.6) is 0 Å². The second-order valence-corrected chi connectivity index (χ2v) is 7.17. The molecule has 1 aliphatic heterocycles. The topological polar surface area (TPSA) is 47.4 Å². The smallest absolute Gasteiger partial charge is 0.253 e. The number of imidazole rings is 1. The lowest BCUT2D eigenvalue weighted by atomic mass is 9.96. The molecule has 0 spiro atoms. The molecule has 0 bridgehead atoms. The summed E-state index contributed by atoms with van der Waals surface area (Å²) in [4.78, 5) is 20.5. The van der Waals surface area contributed by atoms with Gasteiger partial charge < -0.3 is 14.2 Å². The van der Waals surface area contributed by atoms with Gasteiger partial charge in [0.05, 0.1) is 6.61 Å². The number of hydrogen-bond acceptors (Lipinski definition) is 4. The number of rotatable bonds is 6. The van der Waals surface area contributed by atoms with Crippen molar-refractivity contribution in [2.75, 3.05) is 33.1 Å². The first-order valence-corrected chi connectivity index (χ1v) is 9.88. The van der Waals surface area contributed by atoms with Gasteiger partial charge in [-0.15, -0.1) is 11.8 Å². The zero-order valence-corrected chi connectivity index (χ0v) is 15.7. The highest BCUT2D eigenvalue weighted by molar-refractivity contribution is 7.98. The summed E-state index contributed by atoms with van der Waals surface area (Å²) in [5.41, 5.74) is 0.765. The molecule has 2 heterocycles. The Hall–Kier alpha value is -1.79. The molecule has 1 atom stereocenters. The lowest BCUT2D eigenvalue weighted by molar-refractivity contribution is 0.0702. The van der Waals surface area contributed by atoms with Crippen molar-refractivity contribution in [3.05, 3.63) is 48.0 Å². The monoisotopic (exact) mass is 359 g/mol. The Morgan fingerprint density at radius 3 is 2.88 bits per heavy atom. The fourth-order valence-corrected chi connectivity index (χ4v) is 3.76. The van der Waals surface area contributed by atoms with Crippen LogP contribution in [0.15, 0.2) is 41.6 Å². The van der Waals surface area contributed by atoms with Crippen LogP contribution in [-0.4, -0.2) is 53.4 Å². The number of methoxy groups -OCH3 is 1. The van der Waals surface area contributed by atoms with Gasteiger partial charge in [0.1, 0.15) is 5.82 Å². The molecule has 1 saturated heterocycles. The maximum atomic E-state index is 12.8. The van der Waals surface area contributed by atoms with Crippen LogP contribution in [0.1, 0.15) is 34.9 Å². The zero-order chi connectivity index (χ0) is 17.6. The molecule has 1 aliphatic rings. The third kappa shape index (κ3) is 4.25. The van der Waals surface area contributed by atoms with Gasteiger partial charge in [-0.1, -0.05) is 0 Å². The van der Waals surface area contributed by atoms with Crippen LogP contribution in [0.2, 0.25) is 0 Å². The van der Waals surface area contributed by atoms with E-state index < -0.39 is 0 Å². The molecule has 5 nitrogen and oxygen atoms in total. The quantitative estimate of drug-likeness (QED) is 0.743. The number of carbonyl (C=O) groups excluding carboxylic acids is 1. The molecule has 1 fully saturated rings. The lowest BCUT2D eigenvalue weighted by Crippen LogP contribution is -2.39. The number of carbonyl (C=O) groups is 1. The summed E-state index contributed by atoms with van der Waals surface area (Å²) in [5, 5.41) is 0. The number of benzene rings is 1. The van der Waals surface area contributed by atoms with Crippen LogP contribution in [0, 0.1) is 0 Å². The minimum Gasteiger partial charge on any atom is -0.383 e. The van der Waals surface area contributed by atoms with Gasteiger partial charge in [-0.05, 0) is 43.4 Å². The van der Waals surface area contributed by atoms with E-state index in [0.29, 0.717) is 6.61 Å². The van der Waals surface area contributed by atoms with Gasteiger partial charge in [0.15, 0.2) is 0 Å². The third-order valence-electron chi connectivity index (χ3n) is 4.69. The molecule has 6 heteroatoms. The molecule has 1 aromatic heterocycles. The van der Waals surface area contributed by atoms with E-state index in [1.54, 1.807) is 18.9 Å². The van der Waals surface area contributed by atoms with E-state index in [2.05, 4.69) is 9.55 Å². The largest absolute Gasteiger partial charge is 0.383 e. The first-order valence-electron chi connectivity index (χ1n) is 8.66. The maximum absolute atomic E-state index is 12.8. The number of nitrogens with zero attached hydrogens (tertiary/aromatic N) is 3. The van der Waals surface area contributed by atoms with Crippen LogP contribution in [-0.2, 0) is 11.3 Å². The van der Waals surface area contributed by atoms with Gasteiger partial charge in [-0.3, -0.25) is 4.79 Å². The Labute approximate surface area is 153 Å². The molecule has 1 amide bonds. The van der Waals surface area contributed by atoms with Gasteiger partial charge >= 0.3 is 0 Å². The van der Waals surface area contributed by atoms with Crippen molar-refractivity contribution in [1.29, 1.82) is 0 Å². The summed E-state index contributed by atoms with van der Waals surface area (Å²) in [6, 6.07) is 7.88. The van der Waals surface area contributed by atoms with Crippen LogP contribution in [0.25, 0.3) is 0 Å². The molecule has 0 N–H and O–H groups in total. The number of aromatic nitrogens is 2. The molecule has 0 aliphatic carbocycles. The Balaban J connectivity index is 1.70. The van der Waals surface area contributed by atoms with Crippen LogP contribution in [0.3, 0.4) is 0 Å². The molecular formula is C19H25N3O2S. The number of amides is 1. The average molecular weight is 359 g/mol. The van der Waals surface area contributed by atoms with E-state index in [1.807, 2.05) is 47.8 Å². The predicted molar refractivity (Wildman–Crippen MR) is 100 cm³/mol. The Morgan fingerprint density at radius 2 is 2.16 bits per heavy atom. The minimum atomic E-state index is 0.118. The summed E-state index contributed by atoms with van der Waals surface area (Å²) in [6.07, 6.45) is 7.95. The summed E-state index contributed by atoms with van der Waals surface area (Å²) >= 11 is 1.69. The fraction of sp³-hybridized carbons (Fsp3) is 0.474. The number of piperidine rings is 1. The molecule has 1 unspecified atom stereocenters. The lowest BCUT2D eigenvalue weighted by Gasteiger charge is -2.32. The highest BCUT2D eigenvalue weighted by Gasteiger charge is 2.27. The number of likely N-dealkylation sites (tertiary alicyclic amines) is 1. The van der Waals surface area contributed by atoms with Crippen LogP contribution in [0.4, 0.5) is 0 Å². The van der Waals surface area contributed by atoms with Crippen LogP contribution < -0.4 is 0 Å². The molecular weight excluding hydrogens is 334 g/mol. The molecule has 134 valence electrons. The highest BCUT2D eigenvalue weighted by Crippen LogP contribution is 2.27.